The molecule has 10 nitrogen and oxygen atoms in total. The minimum Gasteiger partial charge on any atom is -0.478 e. The lowest BCUT2D eigenvalue weighted by Crippen LogP contribution is -2.44. The molecule has 1 fully saturated rings. The zero-order valence-electron chi connectivity index (χ0n) is 20.2. The van der Waals surface area contributed by atoms with Crippen molar-refractivity contribution < 1.29 is 19.8 Å². The van der Waals surface area contributed by atoms with E-state index in [1.165, 1.54) is 54.6 Å². The van der Waals surface area contributed by atoms with E-state index < -0.39 is 11.9 Å². The number of fused-ring (bicyclic) bond motifs is 2. The molecular formula is C25H30N6O4S. The first-order valence-corrected chi connectivity index (χ1v) is 12.5. The molecule has 0 amide bonds. The van der Waals surface area contributed by atoms with Crippen LogP contribution in [0.5, 0.6) is 0 Å². The van der Waals surface area contributed by atoms with E-state index in [2.05, 4.69) is 62.1 Å². The third kappa shape index (κ3) is 8.03. The molecule has 2 aliphatic rings. The number of aliphatic carboxylic acids is 2. The van der Waals surface area contributed by atoms with Crippen LogP contribution >= 0.6 is 11.8 Å². The fraction of sp³-hybridized carbons (Fsp3) is 0.360. The van der Waals surface area contributed by atoms with Crippen molar-refractivity contribution >= 4 is 40.8 Å². The van der Waals surface area contributed by atoms with Crippen LogP contribution in [0.25, 0.3) is 10.4 Å². The average molecular weight is 511 g/mol. The molecule has 2 aliphatic heterocycles. The van der Waals surface area contributed by atoms with Gasteiger partial charge in [0.1, 0.15) is 0 Å². The van der Waals surface area contributed by atoms with Crippen LogP contribution < -0.4 is 4.90 Å². The smallest absolute Gasteiger partial charge is 0.328 e. The van der Waals surface area contributed by atoms with Crippen LogP contribution in [0.15, 0.2) is 69.5 Å². The highest BCUT2D eigenvalue weighted by Gasteiger charge is 2.23. The molecule has 0 aromatic heterocycles. The van der Waals surface area contributed by atoms with Gasteiger partial charge in [-0.05, 0) is 56.2 Å². The lowest BCUT2D eigenvalue weighted by Gasteiger charge is -2.34. The Hall–Kier alpha value is -3.50. The van der Waals surface area contributed by atoms with E-state index in [0.29, 0.717) is 17.8 Å². The summed E-state index contributed by atoms with van der Waals surface area (Å²) in [6, 6.07) is 14.5. The maximum absolute atomic E-state index is 9.55. The zero-order chi connectivity index (χ0) is 25.9. The summed E-state index contributed by atoms with van der Waals surface area (Å²) in [6.07, 6.45) is 3.45. The molecule has 2 aromatic rings. The van der Waals surface area contributed by atoms with Gasteiger partial charge in [0.15, 0.2) is 0 Å². The Morgan fingerprint density at radius 3 is 2.28 bits per heavy atom. The van der Waals surface area contributed by atoms with Crippen LogP contribution in [0.1, 0.15) is 12.8 Å². The number of rotatable bonds is 8. The van der Waals surface area contributed by atoms with E-state index in [1.54, 1.807) is 11.8 Å². The van der Waals surface area contributed by atoms with Crippen LogP contribution in [0.3, 0.4) is 0 Å². The van der Waals surface area contributed by atoms with Gasteiger partial charge >= 0.3 is 11.9 Å². The minimum atomic E-state index is -1.26. The fourth-order valence-corrected chi connectivity index (χ4v) is 5.07. The molecule has 1 saturated heterocycles. The normalized spacial score (nSPS) is 15.3. The summed E-state index contributed by atoms with van der Waals surface area (Å²) in [4.78, 5) is 31.9. The number of azide groups is 1. The van der Waals surface area contributed by atoms with Gasteiger partial charge in [-0.25, -0.2) is 9.59 Å². The second-order valence-corrected chi connectivity index (χ2v) is 9.51. The standard InChI is InChI=1S/C21H26N6S.C4H4O4/c1-25-12-14-26(15-13-25)10-4-5-11-27-18-6-2-3-7-20(18)28-21-9-8-17(23-24-22)16-19(21)27;5-3(6)1-2-4(7)8/h2-3,6-9,16H,4-5,10-15H2,1H3;1-2H,(H,5,6)(H,7,8)/b;2-1-. The van der Waals surface area contributed by atoms with Crippen LogP contribution in [0.2, 0.25) is 0 Å². The molecule has 0 atom stereocenters. The molecule has 0 radical (unpaired) electrons. The van der Waals surface area contributed by atoms with E-state index >= 15 is 0 Å². The van der Waals surface area contributed by atoms with Crippen molar-refractivity contribution in [2.45, 2.75) is 22.6 Å². The van der Waals surface area contributed by atoms with E-state index in [4.69, 9.17) is 15.7 Å². The molecule has 190 valence electrons. The van der Waals surface area contributed by atoms with Gasteiger partial charge in [0, 0.05) is 65.3 Å². The number of hydrogen-bond acceptors (Lipinski definition) is 7. The minimum absolute atomic E-state index is 0.558. The third-order valence-corrected chi connectivity index (χ3v) is 6.97. The van der Waals surface area contributed by atoms with Crippen LogP contribution in [0, 0.1) is 0 Å². The van der Waals surface area contributed by atoms with E-state index in [-0.39, 0.29) is 0 Å². The monoisotopic (exact) mass is 510 g/mol. The first-order chi connectivity index (χ1) is 17.4. The first-order valence-electron chi connectivity index (χ1n) is 11.7. The number of benzene rings is 2. The summed E-state index contributed by atoms with van der Waals surface area (Å²) >= 11 is 1.79. The number of anilines is 2. The molecule has 4 rings (SSSR count). The van der Waals surface area contributed by atoms with Crippen molar-refractivity contribution in [1.82, 2.24) is 9.80 Å². The molecule has 2 aromatic carbocycles. The average Bonchev–Trinajstić information content (AvgIpc) is 2.86. The van der Waals surface area contributed by atoms with E-state index in [0.717, 1.165) is 18.7 Å². The topological polar surface area (TPSA) is 133 Å². The van der Waals surface area contributed by atoms with E-state index in [9.17, 15) is 9.59 Å². The van der Waals surface area contributed by atoms with Crippen LogP contribution in [-0.2, 0) is 9.59 Å². The molecule has 0 bridgehead atoms. The number of likely N-dealkylation sites (N-methyl/N-ethyl adjacent to an activating group) is 1. The summed E-state index contributed by atoms with van der Waals surface area (Å²) < 4.78 is 0. The van der Waals surface area contributed by atoms with Crippen molar-refractivity contribution in [1.29, 1.82) is 0 Å². The fourth-order valence-electron chi connectivity index (χ4n) is 3.99. The molecule has 2 heterocycles. The molecule has 11 heteroatoms. The second-order valence-electron chi connectivity index (χ2n) is 8.42. The predicted octanol–water partition coefficient (Wildman–Crippen LogP) is 4.97. The lowest BCUT2D eigenvalue weighted by molar-refractivity contribution is -0.134. The Labute approximate surface area is 214 Å². The summed E-state index contributed by atoms with van der Waals surface area (Å²) in [5.74, 6) is -2.51. The Balaban J connectivity index is 0.000000392. The second kappa shape index (κ2) is 13.6. The number of piperazine rings is 1. The lowest BCUT2D eigenvalue weighted by atomic mass is 10.1. The predicted molar refractivity (Wildman–Crippen MR) is 140 cm³/mol. The largest absolute Gasteiger partial charge is 0.478 e. The van der Waals surface area contributed by atoms with Gasteiger partial charge in [-0.2, -0.15) is 0 Å². The SMILES string of the molecule is CN1CCN(CCCCN2c3ccccc3Sc3ccc(N=[N+]=[N-])cc32)CC1.O=C(O)/C=C\C(=O)O. The molecule has 2 N–H and O–H groups in total. The molecule has 36 heavy (non-hydrogen) atoms. The van der Waals surface area contributed by atoms with Gasteiger partial charge in [0.25, 0.3) is 0 Å². The van der Waals surface area contributed by atoms with Crippen LogP contribution in [-0.4, -0.2) is 78.3 Å². The molecule has 0 spiro atoms. The van der Waals surface area contributed by atoms with Gasteiger partial charge in [-0.1, -0.05) is 35.1 Å². The Morgan fingerprint density at radius 2 is 1.61 bits per heavy atom. The molecule has 0 aliphatic carbocycles. The Kier molecular flexibility index (Phi) is 10.2. The summed E-state index contributed by atoms with van der Waals surface area (Å²) in [5.41, 5.74) is 11.9. The van der Waals surface area contributed by atoms with Crippen molar-refractivity contribution in [3.63, 3.8) is 0 Å². The Bertz CT molecular complexity index is 1130. The highest BCUT2D eigenvalue weighted by Crippen LogP contribution is 2.49. The van der Waals surface area contributed by atoms with Gasteiger partial charge in [0.05, 0.1) is 11.4 Å². The first kappa shape index (κ1) is 27.1. The maximum Gasteiger partial charge on any atom is 0.328 e. The number of hydrogen-bond donors (Lipinski definition) is 2. The van der Waals surface area contributed by atoms with Gasteiger partial charge in [-0.15, -0.1) is 0 Å². The Morgan fingerprint density at radius 1 is 0.972 bits per heavy atom. The van der Waals surface area contributed by atoms with Crippen molar-refractivity contribution in [2.24, 2.45) is 5.11 Å². The van der Waals surface area contributed by atoms with Gasteiger partial charge in [0.2, 0.25) is 0 Å². The molecule has 0 unspecified atom stereocenters. The number of carboxylic acids is 2. The van der Waals surface area contributed by atoms with Crippen LogP contribution in [0.4, 0.5) is 17.1 Å². The van der Waals surface area contributed by atoms with E-state index in [1.807, 2.05) is 12.1 Å². The molecule has 0 saturated carbocycles. The quantitative estimate of drug-likeness (QED) is 0.167. The summed E-state index contributed by atoms with van der Waals surface area (Å²) in [5, 5.41) is 19.4. The maximum atomic E-state index is 9.55. The zero-order valence-corrected chi connectivity index (χ0v) is 21.0. The van der Waals surface area contributed by atoms with Crippen molar-refractivity contribution in [3.05, 3.63) is 65.1 Å². The summed E-state index contributed by atoms with van der Waals surface area (Å²) in [6.45, 7) is 6.84. The van der Waals surface area contributed by atoms with Gasteiger partial charge in [-0.3, -0.25) is 0 Å². The van der Waals surface area contributed by atoms with Crippen molar-refractivity contribution in [2.75, 3.05) is 51.2 Å². The molecular weight excluding hydrogens is 480 g/mol. The number of carbonyl (C=O) groups is 2. The van der Waals surface area contributed by atoms with Gasteiger partial charge < -0.3 is 24.9 Å². The number of nitrogens with zero attached hydrogens (tertiary/aromatic N) is 6. The summed E-state index contributed by atoms with van der Waals surface area (Å²) in [7, 11) is 2.20. The number of unbranched alkanes of at least 4 members (excludes halogenated alkanes) is 1. The highest BCUT2D eigenvalue weighted by atomic mass is 32.2. The number of carboxylic acid groups (broad SMARTS) is 2. The highest BCUT2D eigenvalue weighted by molar-refractivity contribution is 7.99. The number of para-hydroxylation sites is 1. The van der Waals surface area contributed by atoms with Crippen molar-refractivity contribution in [3.8, 4) is 0 Å². The third-order valence-electron chi connectivity index (χ3n) is 5.84.